The van der Waals surface area contributed by atoms with Gasteiger partial charge in [-0.15, -0.1) is 0 Å². The molecule has 1 aromatic rings. The van der Waals surface area contributed by atoms with Crippen LogP contribution in [0.2, 0.25) is 0 Å². The van der Waals surface area contributed by atoms with Gasteiger partial charge in [0.25, 0.3) is 0 Å². The van der Waals surface area contributed by atoms with Gasteiger partial charge in [-0.25, -0.2) is 4.39 Å². The second kappa shape index (κ2) is 4.33. The second-order valence-corrected chi connectivity index (χ2v) is 6.16. The topological polar surface area (TPSA) is 57.5 Å². The third-order valence-electron chi connectivity index (χ3n) is 1.56. The van der Waals surface area contributed by atoms with Crippen molar-refractivity contribution in [2.24, 2.45) is 0 Å². The summed E-state index contributed by atoms with van der Waals surface area (Å²) in [5, 5.41) is 0. The molecule has 0 aliphatic carbocycles. The van der Waals surface area contributed by atoms with E-state index in [1.165, 1.54) is 12.1 Å². The van der Waals surface area contributed by atoms with Gasteiger partial charge in [-0.1, -0.05) is 22.0 Å². The second-order valence-electron chi connectivity index (χ2n) is 2.63. The van der Waals surface area contributed by atoms with Crippen molar-refractivity contribution < 1.29 is 18.7 Å². The first-order chi connectivity index (χ1) is 6.32. The first-order valence-electron chi connectivity index (χ1n) is 3.50. The molecule has 0 saturated carbocycles. The summed E-state index contributed by atoms with van der Waals surface area (Å²) in [6, 6.07) is 3.92. The van der Waals surface area contributed by atoms with E-state index >= 15 is 0 Å². The van der Waals surface area contributed by atoms with Gasteiger partial charge >= 0.3 is 7.60 Å². The molecular formula is C7H7BrFO3PS. The van der Waals surface area contributed by atoms with Crippen molar-refractivity contribution in [1.29, 1.82) is 0 Å². The molecule has 0 aromatic heterocycles. The highest BCUT2D eigenvalue weighted by molar-refractivity contribution is 9.10. The minimum Gasteiger partial charge on any atom is -0.323 e. The normalized spacial score (nSPS) is 14.1. The molecule has 1 rings (SSSR count). The van der Waals surface area contributed by atoms with Crippen molar-refractivity contribution in [3.05, 3.63) is 34.1 Å². The van der Waals surface area contributed by atoms with Gasteiger partial charge in [0.05, 0.1) is 0 Å². The Balaban J connectivity index is 3.14. The fraction of sp³-hybridized carbons (Fsp3) is 0.143. The summed E-state index contributed by atoms with van der Waals surface area (Å²) in [5.41, 5.74) is -0.107. The largest absolute Gasteiger partial charge is 0.342 e. The SMILES string of the molecule is O=P(O)(O)C(S)c1ccc(Br)cc1F. The highest BCUT2D eigenvalue weighted by Gasteiger charge is 2.28. The fourth-order valence-corrected chi connectivity index (χ4v) is 2.01. The quantitative estimate of drug-likeness (QED) is 0.581. The lowest BCUT2D eigenvalue weighted by Gasteiger charge is -2.13. The Labute approximate surface area is 94.0 Å². The molecular weight excluding hydrogens is 294 g/mol. The molecule has 0 heterocycles. The zero-order chi connectivity index (χ0) is 10.9. The maximum absolute atomic E-state index is 13.2. The lowest BCUT2D eigenvalue weighted by Crippen LogP contribution is -1.96. The number of halogens is 2. The molecule has 2 N–H and O–H groups in total. The molecule has 0 saturated heterocycles. The van der Waals surface area contributed by atoms with E-state index in [2.05, 4.69) is 28.6 Å². The van der Waals surface area contributed by atoms with Crippen LogP contribution >= 0.6 is 36.2 Å². The summed E-state index contributed by atoms with van der Waals surface area (Å²) in [6.07, 6.45) is 0. The minimum atomic E-state index is -4.41. The van der Waals surface area contributed by atoms with Crippen LogP contribution in [0.15, 0.2) is 22.7 Å². The monoisotopic (exact) mass is 300 g/mol. The molecule has 0 radical (unpaired) electrons. The number of thiol groups is 1. The molecule has 1 unspecified atom stereocenters. The summed E-state index contributed by atoms with van der Waals surface area (Å²) in [4.78, 5) is 16.2. The van der Waals surface area contributed by atoms with E-state index in [4.69, 9.17) is 9.79 Å². The van der Waals surface area contributed by atoms with Crippen LogP contribution in [0.1, 0.15) is 10.6 Å². The number of benzene rings is 1. The Kier molecular flexibility index (Phi) is 3.77. The Morgan fingerprint density at radius 2 is 2.07 bits per heavy atom. The van der Waals surface area contributed by atoms with Crippen molar-refractivity contribution in [2.75, 3.05) is 0 Å². The van der Waals surface area contributed by atoms with Crippen molar-refractivity contribution >= 4 is 36.2 Å². The number of rotatable bonds is 2. The fourth-order valence-electron chi connectivity index (χ4n) is 0.892. The number of hydrogen-bond donors (Lipinski definition) is 3. The summed E-state index contributed by atoms with van der Waals surface area (Å²) in [5.74, 6) is -0.692. The highest BCUT2D eigenvalue weighted by atomic mass is 79.9. The lowest BCUT2D eigenvalue weighted by molar-refractivity contribution is 0.369. The van der Waals surface area contributed by atoms with Crippen LogP contribution in [0.25, 0.3) is 0 Å². The van der Waals surface area contributed by atoms with E-state index in [9.17, 15) is 8.96 Å². The molecule has 0 spiro atoms. The molecule has 0 bridgehead atoms. The molecule has 78 valence electrons. The standard InChI is InChI=1S/C7H7BrFO3PS/c8-4-1-2-5(6(9)3-4)7(14)13(10,11)12/h1-3,7,14H,(H2,10,11,12). The third-order valence-corrected chi connectivity index (χ3v) is 4.15. The Hall–Kier alpha value is 0.130. The maximum Gasteiger partial charge on any atom is 0.342 e. The lowest BCUT2D eigenvalue weighted by atomic mass is 10.2. The molecule has 14 heavy (non-hydrogen) atoms. The highest BCUT2D eigenvalue weighted by Crippen LogP contribution is 2.54. The van der Waals surface area contributed by atoms with Crippen LogP contribution in [0.3, 0.4) is 0 Å². The van der Waals surface area contributed by atoms with E-state index in [0.29, 0.717) is 4.47 Å². The van der Waals surface area contributed by atoms with Crippen LogP contribution in [0.4, 0.5) is 4.39 Å². The third kappa shape index (κ3) is 2.81. The first kappa shape index (κ1) is 12.2. The van der Waals surface area contributed by atoms with E-state index in [-0.39, 0.29) is 5.56 Å². The van der Waals surface area contributed by atoms with E-state index in [1.54, 1.807) is 0 Å². The van der Waals surface area contributed by atoms with Gasteiger partial charge in [0.2, 0.25) is 0 Å². The van der Waals surface area contributed by atoms with Crippen molar-refractivity contribution in [3.8, 4) is 0 Å². The van der Waals surface area contributed by atoms with Crippen LogP contribution in [-0.4, -0.2) is 9.79 Å². The van der Waals surface area contributed by atoms with Gasteiger partial charge < -0.3 is 9.79 Å². The molecule has 3 nitrogen and oxygen atoms in total. The predicted octanol–water partition coefficient (Wildman–Crippen LogP) is 2.69. The first-order valence-corrected chi connectivity index (χ1v) is 6.49. The Bertz CT molecular complexity index is 395. The van der Waals surface area contributed by atoms with Crippen molar-refractivity contribution in [2.45, 2.75) is 4.99 Å². The molecule has 7 heteroatoms. The van der Waals surface area contributed by atoms with Crippen LogP contribution in [0, 0.1) is 5.82 Å². The van der Waals surface area contributed by atoms with E-state index < -0.39 is 18.4 Å². The molecule has 0 aliphatic heterocycles. The van der Waals surface area contributed by atoms with Gasteiger partial charge in [0.15, 0.2) is 0 Å². The minimum absolute atomic E-state index is 0.107. The summed E-state index contributed by atoms with van der Waals surface area (Å²) in [6.45, 7) is 0. The average molecular weight is 301 g/mol. The van der Waals surface area contributed by atoms with Crippen molar-refractivity contribution in [1.82, 2.24) is 0 Å². The zero-order valence-corrected chi connectivity index (χ0v) is 10.1. The van der Waals surface area contributed by atoms with Gasteiger partial charge in [-0.3, -0.25) is 4.57 Å². The van der Waals surface area contributed by atoms with Gasteiger partial charge in [-0.05, 0) is 12.1 Å². The average Bonchev–Trinajstić information content (AvgIpc) is 2.01. The molecule has 0 aliphatic rings. The summed E-state index contributed by atoms with van der Waals surface area (Å²) in [7, 11) is -4.41. The van der Waals surface area contributed by atoms with E-state index in [1.807, 2.05) is 0 Å². The predicted molar refractivity (Wildman–Crippen MR) is 57.9 cm³/mol. The van der Waals surface area contributed by atoms with Crippen LogP contribution in [-0.2, 0) is 4.57 Å². The van der Waals surface area contributed by atoms with Crippen LogP contribution < -0.4 is 0 Å². The number of hydrogen-bond acceptors (Lipinski definition) is 2. The Morgan fingerprint density at radius 1 is 1.50 bits per heavy atom. The van der Waals surface area contributed by atoms with Crippen molar-refractivity contribution in [3.63, 3.8) is 0 Å². The molecule has 1 atom stereocenters. The molecule has 0 fully saturated rings. The van der Waals surface area contributed by atoms with Gasteiger partial charge in [-0.2, -0.15) is 12.6 Å². The van der Waals surface area contributed by atoms with Crippen LogP contribution in [0.5, 0.6) is 0 Å². The van der Waals surface area contributed by atoms with Gasteiger partial charge in [0.1, 0.15) is 10.8 Å². The van der Waals surface area contributed by atoms with E-state index in [0.717, 1.165) is 6.07 Å². The summed E-state index contributed by atoms with van der Waals surface area (Å²) < 4.78 is 24.5. The molecule has 0 amide bonds. The van der Waals surface area contributed by atoms with Gasteiger partial charge in [0, 0.05) is 10.0 Å². The Morgan fingerprint density at radius 3 is 2.50 bits per heavy atom. The maximum atomic E-state index is 13.2. The zero-order valence-electron chi connectivity index (χ0n) is 6.76. The smallest absolute Gasteiger partial charge is 0.323 e. The summed E-state index contributed by atoms with van der Waals surface area (Å²) >= 11 is 6.72. The molecule has 1 aromatic carbocycles.